The van der Waals surface area contributed by atoms with E-state index in [4.69, 9.17) is 0 Å². The molecule has 4 aromatic rings. The fourth-order valence-corrected chi connectivity index (χ4v) is 3.00. The van der Waals surface area contributed by atoms with Gasteiger partial charge in [0.2, 0.25) is 5.95 Å². The van der Waals surface area contributed by atoms with E-state index in [9.17, 15) is 18.4 Å². The molecule has 30 heavy (non-hydrogen) atoms. The SMILES string of the molecule is Cc1nn(CC(F)F)cc1Nc1ncc2cnn(Cc3cc(F)ccc3C#N)c2n1. The number of anilines is 2. The summed E-state index contributed by atoms with van der Waals surface area (Å²) in [6, 6.07) is 5.96. The van der Waals surface area contributed by atoms with Crippen molar-refractivity contribution in [1.29, 1.82) is 5.26 Å². The lowest BCUT2D eigenvalue weighted by atomic mass is 10.1. The molecule has 0 aliphatic carbocycles. The summed E-state index contributed by atoms with van der Waals surface area (Å²) in [5.74, 6) is -0.225. The molecule has 0 radical (unpaired) electrons. The lowest BCUT2D eigenvalue weighted by Crippen LogP contribution is -2.07. The summed E-state index contributed by atoms with van der Waals surface area (Å²) >= 11 is 0. The van der Waals surface area contributed by atoms with E-state index in [-0.39, 0.29) is 12.5 Å². The van der Waals surface area contributed by atoms with Gasteiger partial charge in [-0.05, 0) is 30.7 Å². The zero-order valence-corrected chi connectivity index (χ0v) is 15.7. The summed E-state index contributed by atoms with van der Waals surface area (Å²) in [5, 5.41) is 21.2. The first-order valence-electron chi connectivity index (χ1n) is 8.89. The molecule has 0 aliphatic rings. The number of nitriles is 1. The van der Waals surface area contributed by atoms with Gasteiger partial charge in [0.1, 0.15) is 12.4 Å². The normalized spacial score (nSPS) is 11.2. The third kappa shape index (κ3) is 3.93. The molecular formula is C19H15F3N8. The quantitative estimate of drug-likeness (QED) is 0.521. The number of nitrogens with one attached hydrogen (secondary N) is 1. The average Bonchev–Trinajstić information content (AvgIpc) is 3.24. The molecule has 0 unspecified atom stereocenters. The maximum Gasteiger partial charge on any atom is 0.257 e. The molecule has 152 valence electrons. The predicted molar refractivity (Wildman–Crippen MR) is 102 cm³/mol. The molecule has 0 aliphatic heterocycles. The lowest BCUT2D eigenvalue weighted by Gasteiger charge is -2.07. The average molecular weight is 412 g/mol. The van der Waals surface area contributed by atoms with Crippen LogP contribution in [0, 0.1) is 24.1 Å². The van der Waals surface area contributed by atoms with Crippen molar-refractivity contribution in [2.45, 2.75) is 26.4 Å². The van der Waals surface area contributed by atoms with E-state index >= 15 is 0 Å². The van der Waals surface area contributed by atoms with E-state index < -0.39 is 18.8 Å². The van der Waals surface area contributed by atoms with E-state index in [1.165, 1.54) is 29.1 Å². The van der Waals surface area contributed by atoms with E-state index in [1.807, 2.05) is 6.07 Å². The Kier molecular flexibility index (Phi) is 5.05. The number of nitrogens with zero attached hydrogens (tertiary/aromatic N) is 7. The summed E-state index contributed by atoms with van der Waals surface area (Å²) in [6.45, 7) is 1.32. The van der Waals surface area contributed by atoms with Crippen molar-refractivity contribution in [2.24, 2.45) is 0 Å². The summed E-state index contributed by atoms with van der Waals surface area (Å²) in [5.41, 5.74) is 2.30. The molecule has 0 amide bonds. The number of aryl methyl sites for hydroxylation is 1. The number of halogens is 3. The molecule has 3 aromatic heterocycles. The molecule has 0 bridgehead atoms. The second-order valence-electron chi connectivity index (χ2n) is 6.55. The van der Waals surface area contributed by atoms with Crippen molar-refractivity contribution in [3.05, 3.63) is 59.4 Å². The Bertz CT molecular complexity index is 1250. The van der Waals surface area contributed by atoms with Gasteiger partial charge in [-0.15, -0.1) is 0 Å². The molecule has 0 saturated carbocycles. The highest BCUT2D eigenvalue weighted by molar-refractivity contribution is 5.75. The van der Waals surface area contributed by atoms with Crippen molar-refractivity contribution in [3.63, 3.8) is 0 Å². The number of aromatic nitrogens is 6. The minimum Gasteiger partial charge on any atom is -0.321 e. The van der Waals surface area contributed by atoms with Gasteiger partial charge in [0.25, 0.3) is 6.43 Å². The monoisotopic (exact) mass is 412 g/mol. The van der Waals surface area contributed by atoms with Crippen LogP contribution in [0.1, 0.15) is 16.8 Å². The number of hydrogen-bond donors (Lipinski definition) is 1. The second kappa shape index (κ2) is 7.82. The topological polar surface area (TPSA) is 97.2 Å². The minimum atomic E-state index is -2.51. The number of hydrogen-bond acceptors (Lipinski definition) is 6. The highest BCUT2D eigenvalue weighted by Gasteiger charge is 2.13. The van der Waals surface area contributed by atoms with Crippen molar-refractivity contribution in [3.8, 4) is 6.07 Å². The molecule has 3 heterocycles. The van der Waals surface area contributed by atoms with Gasteiger partial charge in [0.05, 0.1) is 41.1 Å². The summed E-state index contributed by atoms with van der Waals surface area (Å²) < 4.78 is 41.4. The Morgan fingerprint density at radius 1 is 1.27 bits per heavy atom. The number of benzene rings is 1. The van der Waals surface area contributed by atoms with E-state index in [2.05, 4.69) is 25.5 Å². The molecule has 1 aromatic carbocycles. The first-order valence-corrected chi connectivity index (χ1v) is 8.89. The van der Waals surface area contributed by atoms with Gasteiger partial charge in [0, 0.05) is 12.4 Å². The maximum absolute atomic E-state index is 13.6. The maximum atomic E-state index is 13.6. The third-order valence-corrected chi connectivity index (χ3v) is 4.40. The molecule has 11 heteroatoms. The van der Waals surface area contributed by atoms with Crippen molar-refractivity contribution >= 4 is 22.7 Å². The van der Waals surface area contributed by atoms with E-state index in [0.717, 1.165) is 4.68 Å². The van der Waals surface area contributed by atoms with Crippen LogP contribution in [0.5, 0.6) is 0 Å². The minimum absolute atomic E-state index is 0.145. The smallest absolute Gasteiger partial charge is 0.257 e. The van der Waals surface area contributed by atoms with Crippen LogP contribution in [-0.4, -0.2) is 36.0 Å². The lowest BCUT2D eigenvalue weighted by molar-refractivity contribution is 0.121. The van der Waals surface area contributed by atoms with Gasteiger partial charge in [-0.25, -0.2) is 22.8 Å². The van der Waals surface area contributed by atoms with E-state index in [1.54, 1.807) is 19.3 Å². The van der Waals surface area contributed by atoms with Gasteiger partial charge in [0.15, 0.2) is 5.65 Å². The highest BCUT2D eigenvalue weighted by Crippen LogP contribution is 2.21. The van der Waals surface area contributed by atoms with Crippen molar-refractivity contribution in [1.82, 2.24) is 29.5 Å². The van der Waals surface area contributed by atoms with Crippen LogP contribution in [0.3, 0.4) is 0 Å². The first kappa shape index (κ1) is 19.4. The Morgan fingerprint density at radius 2 is 2.10 bits per heavy atom. The number of alkyl halides is 2. The molecule has 1 N–H and O–H groups in total. The van der Waals surface area contributed by atoms with Crippen LogP contribution in [0.2, 0.25) is 0 Å². The number of fused-ring (bicyclic) bond motifs is 1. The fourth-order valence-electron chi connectivity index (χ4n) is 3.00. The van der Waals surface area contributed by atoms with Crippen LogP contribution >= 0.6 is 0 Å². The Morgan fingerprint density at radius 3 is 2.87 bits per heavy atom. The molecule has 8 nitrogen and oxygen atoms in total. The summed E-state index contributed by atoms with van der Waals surface area (Å²) in [7, 11) is 0. The largest absolute Gasteiger partial charge is 0.321 e. The second-order valence-corrected chi connectivity index (χ2v) is 6.55. The van der Waals surface area contributed by atoms with Gasteiger partial charge >= 0.3 is 0 Å². The Labute approximate surface area is 168 Å². The first-order chi connectivity index (χ1) is 14.4. The fraction of sp³-hybridized carbons (Fsp3) is 0.211. The van der Waals surface area contributed by atoms with Crippen LogP contribution in [0.15, 0.2) is 36.8 Å². The van der Waals surface area contributed by atoms with Crippen molar-refractivity contribution in [2.75, 3.05) is 5.32 Å². The van der Waals surface area contributed by atoms with Gasteiger partial charge in [-0.2, -0.15) is 20.4 Å². The van der Waals surface area contributed by atoms with Gasteiger partial charge in [-0.3, -0.25) is 4.68 Å². The molecular weight excluding hydrogens is 397 g/mol. The molecule has 0 fully saturated rings. The van der Waals surface area contributed by atoms with Gasteiger partial charge < -0.3 is 5.32 Å². The van der Waals surface area contributed by atoms with Gasteiger partial charge in [-0.1, -0.05) is 0 Å². The third-order valence-electron chi connectivity index (χ3n) is 4.40. The zero-order valence-electron chi connectivity index (χ0n) is 15.7. The predicted octanol–water partition coefficient (Wildman–Crippen LogP) is 3.40. The molecule has 0 saturated heterocycles. The van der Waals surface area contributed by atoms with Crippen LogP contribution in [0.4, 0.5) is 24.8 Å². The molecule has 0 spiro atoms. The summed E-state index contributed by atoms with van der Waals surface area (Å²) in [6.07, 6.45) is 2.07. The Hall–Kier alpha value is -3.94. The number of rotatable bonds is 6. The van der Waals surface area contributed by atoms with Crippen LogP contribution in [0.25, 0.3) is 11.0 Å². The van der Waals surface area contributed by atoms with Crippen molar-refractivity contribution < 1.29 is 13.2 Å². The van der Waals surface area contributed by atoms with Crippen LogP contribution in [-0.2, 0) is 13.1 Å². The highest BCUT2D eigenvalue weighted by atomic mass is 19.3. The van der Waals surface area contributed by atoms with Crippen LogP contribution < -0.4 is 5.32 Å². The standard InChI is InChI=1S/C19H15F3N8/c1-11-16(9-29(28-11)10-17(21)22)26-19-24-6-14-7-25-30(18(14)27-19)8-13-4-15(20)3-2-12(13)5-23/h2-4,6-7,9,17H,8,10H2,1H3,(H,24,26,27). The molecule has 4 rings (SSSR count). The zero-order chi connectivity index (χ0) is 21.3. The molecule has 0 atom stereocenters. The Balaban J connectivity index is 1.63. The summed E-state index contributed by atoms with van der Waals surface area (Å²) in [4.78, 5) is 8.64. The van der Waals surface area contributed by atoms with E-state index in [0.29, 0.717) is 33.5 Å².